The first-order valence-electron chi connectivity index (χ1n) is 10.8. The summed E-state index contributed by atoms with van der Waals surface area (Å²) in [5.41, 5.74) is 2.00. The van der Waals surface area contributed by atoms with Gasteiger partial charge in [0.1, 0.15) is 11.5 Å². The number of carbonyl (C=O) groups excluding carboxylic acids is 2. The molecule has 2 aromatic rings. The van der Waals surface area contributed by atoms with Crippen molar-refractivity contribution in [2.45, 2.75) is 32.6 Å². The van der Waals surface area contributed by atoms with Gasteiger partial charge in [-0.05, 0) is 50.5 Å². The fourth-order valence-electron chi connectivity index (χ4n) is 4.21. The average molecular weight is 428 g/mol. The molecule has 0 spiro atoms. The van der Waals surface area contributed by atoms with Crippen LogP contribution in [0.4, 0.5) is 0 Å². The molecule has 4 rings (SSSR count). The highest BCUT2D eigenvalue weighted by atomic mass is 16.5. The number of hydrogen-bond donors (Lipinski definition) is 0. The van der Waals surface area contributed by atoms with E-state index >= 15 is 0 Å². The van der Waals surface area contributed by atoms with Gasteiger partial charge in [-0.3, -0.25) is 9.59 Å². The number of aromatic nitrogens is 1. The molecule has 2 aliphatic rings. The zero-order valence-electron chi connectivity index (χ0n) is 18.3. The minimum absolute atomic E-state index is 0.0328. The van der Waals surface area contributed by atoms with Crippen LogP contribution in [0.15, 0.2) is 22.6 Å². The Kier molecular flexibility index (Phi) is 6.27. The summed E-state index contributed by atoms with van der Waals surface area (Å²) in [6, 6.07) is 5.52. The highest BCUT2D eigenvalue weighted by molar-refractivity contribution is 5.96. The van der Waals surface area contributed by atoms with Gasteiger partial charge < -0.3 is 23.7 Å². The highest BCUT2D eigenvalue weighted by Crippen LogP contribution is 2.30. The maximum absolute atomic E-state index is 13.0. The van der Waals surface area contributed by atoms with Gasteiger partial charge in [0, 0.05) is 37.7 Å². The molecule has 0 aliphatic carbocycles. The summed E-state index contributed by atoms with van der Waals surface area (Å²) in [5.74, 6) is 1.94. The largest absolute Gasteiger partial charge is 0.497 e. The van der Waals surface area contributed by atoms with Crippen molar-refractivity contribution in [1.29, 1.82) is 0 Å². The monoisotopic (exact) mass is 427 g/mol. The summed E-state index contributed by atoms with van der Waals surface area (Å²) in [5, 5.41) is 0. The van der Waals surface area contributed by atoms with Gasteiger partial charge in [0.25, 0.3) is 11.8 Å². The van der Waals surface area contributed by atoms with Crippen LogP contribution in [-0.4, -0.2) is 73.1 Å². The predicted molar refractivity (Wildman–Crippen MR) is 114 cm³/mol. The van der Waals surface area contributed by atoms with Crippen LogP contribution < -0.4 is 4.74 Å². The molecule has 0 bridgehead atoms. The summed E-state index contributed by atoms with van der Waals surface area (Å²) in [6.45, 7) is 7.22. The first kappa shape index (κ1) is 21.4. The van der Waals surface area contributed by atoms with E-state index in [0.717, 1.165) is 24.2 Å². The number of likely N-dealkylation sites (tertiary alicyclic amines) is 1. The number of methoxy groups -OCH3 is 1. The van der Waals surface area contributed by atoms with Crippen molar-refractivity contribution in [3.63, 3.8) is 0 Å². The molecule has 0 N–H and O–H groups in total. The molecule has 8 nitrogen and oxygen atoms in total. The number of aryl methyl sites for hydroxylation is 2. The Bertz CT molecular complexity index is 956. The number of piperidine rings is 1. The Labute approximate surface area is 182 Å². The molecule has 166 valence electrons. The van der Waals surface area contributed by atoms with E-state index in [9.17, 15) is 9.59 Å². The minimum Gasteiger partial charge on any atom is -0.497 e. The molecule has 0 unspecified atom stereocenters. The first-order chi connectivity index (χ1) is 15.0. The zero-order chi connectivity index (χ0) is 22.0. The number of nitrogens with zero attached hydrogens (tertiary/aromatic N) is 3. The lowest BCUT2D eigenvalue weighted by molar-refractivity contribution is 0.0298. The maximum Gasteiger partial charge on any atom is 0.276 e. The summed E-state index contributed by atoms with van der Waals surface area (Å²) >= 11 is 0. The second-order valence-corrected chi connectivity index (χ2v) is 8.11. The van der Waals surface area contributed by atoms with E-state index in [-0.39, 0.29) is 17.7 Å². The summed E-state index contributed by atoms with van der Waals surface area (Å²) in [6.07, 6.45) is 1.51. The van der Waals surface area contributed by atoms with Crippen LogP contribution in [0.1, 0.15) is 56.8 Å². The standard InChI is InChI=1S/C23H29N3O5/c1-15-14-18(29-3)4-5-19(15)22(27)25-8-6-17(7-9-25)21-24-20(16(2)31-21)23(28)26-10-12-30-13-11-26/h4-5,14,17H,6-13H2,1-3H3. The van der Waals surface area contributed by atoms with Crippen LogP contribution in [-0.2, 0) is 4.74 Å². The van der Waals surface area contributed by atoms with Crippen LogP contribution in [0.5, 0.6) is 5.75 Å². The molecule has 2 saturated heterocycles. The van der Waals surface area contributed by atoms with Gasteiger partial charge in [0.05, 0.1) is 20.3 Å². The van der Waals surface area contributed by atoms with Crippen molar-refractivity contribution in [2.75, 3.05) is 46.5 Å². The van der Waals surface area contributed by atoms with Crippen molar-refractivity contribution < 1.29 is 23.5 Å². The smallest absolute Gasteiger partial charge is 0.276 e. The lowest BCUT2D eigenvalue weighted by Crippen LogP contribution is -2.41. The molecule has 0 saturated carbocycles. The van der Waals surface area contributed by atoms with Crippen LogP contribution in [0, 0.1) is 13.8 Å². The molecule has 2 fully saturated rings. The number of carbonyl (C=O) groups is 2. The number of benzene rings is 1. The SMILES string of the molecule is COc1ccc(C(=O)N2CCC(c3nc(C(=O)N4CCOCC4)c(C)o3)CC2)c(C)c1. The second kappa shape index (κ2) is 9.09. The summed E-state index contributed by atoms with van der Waals surface area (Å²) < 4.78 is 16.4. The third-order valence-electron chi connectivity index (χ3n) is 6.11. The lowest BCUT2D eigenvalue weighted by Gasteiger charge is -2.31. The maximum atomic E-state index is 13.0. The predicted octanol–water partition coefficient (Wildman–Crippen LogP) is 2.79. The summed E-state index contributed by atoms with van der Waals surface area (Å²) in [4.78, 5) is 33.9. The summed E-state index contributed by atoms with van der Waals surface area (Å²) in [7, 11) is 1.62. The number of amides is 2. The molecule has 0 radical (unpaired) electrons. The first-order valence-corrected chi connectivity index (χ1v) is 10.8. The van der Waals surface area contributed by atoms with Crippen molar-refractivity contribution in [3.8, 4) is 5.75 Å². The topological polar surface area (TPSA) is 85.1 Å². The average Bonchev–Trinajstić information content (AvgIpc) is 3.20. The van der Waals surface area contributed by atoms with E-state index < -0.39 is 0 Å². The second-order valence-electron chi connectivity index (χ2n) is 8.11. The number of ether oxygens (including phenoxy) is 2. The zero-order valence-corrected chi connectivity index (χ0v) is 18.3. The normalized spacial score (nSPS) is 17.6. The molecule has 2 aliphatic heterocycles. The molecule has 1 aromatic carbocycles. The minimum atomic E-state index is -0.0987. The number of hydrogen-bond acceptors (Lipinski definition) is 6. The van der Waals surface area contributed by atoms with E-state index in [1.807, 2.05) is 30.0 Å². The van der Waals surface area contributed by atoms with E-state index in [2.05, 4.69) is 4.98 Å². The quantitative estimate of drug-likeness (QED) is 0.746. The van der Waals surface area contributed by atoms with Crippen LogP contribution in [0.3, 0.4) is 0 Å². The van der Waals surface area contributed by atoms with Crippen molar-refractivity contribution in [1.82, 2.24) is 14.8 Å². The van der Waals surface area contributed by atoms with Crippen LogP contribution in [0.25, 0.3) is 0 Å². The van der Waals surface area contributed by atoms with Crippen LogP contribution >= 0.6 is 0 Å². The molecular formula is C23H29N3O5. The third kappa shape index (κ3) is 4.44. The molecule has 3 heterocycles. The Balaban J connectivity index is 1.40. The van der Waals surface area contributed by atoms with E-state index in [1.165, 1.54) is 0 Å². The molecular weight excluding hydrogens is 398 g/mol. The van der Waals surface area contributed by atoms with Crippen molar-refractivity contribution >= 4 is 11.8 Å². The fraction of sp³-hybridized carbons (Fsp3) is 0.522. The van der Waals surface area contributed by atoms with Gasteiger partial charge in [-0.25, -0.2) is 4.98 Å². The molecule has 8 heteroatoms. The van der Waals surface area contributed by atoms with E-state index in [0.29, 0.717) is 62.3 Å². The van der Waals surface area contributed by atoms with Gasteiger partial charge in [-0.15, -0.1) is 0 Å². The molecule has 2 amide bonds. The van der Waals surface area contributed by atoms with Crippen molar-refractivity contribution in [3.05, 3.63) is 46.7 Å². The third-order valence-corrected chi connectivity index (χ3v) is 6.11. The lowest BCUT2D eigenvalue weighted by atomic mass is 9.95. The van der Waals surface area contributed by atoms with E-state index in [4.69, 9.17) is 13.9 Å². The molecule has 0 atom stereocenters. The van der Waals surface area contributed by atoms with Gasteiger partial charge in [-0.2, -0.15) is 0 Å². The van der Waals surface area contributed by atoms with E-state index in [1.54, 1.807) is 18.9 Å². The van der Waals surface area contributed by atoms with Crippen LogP contribution in [0.2, 0.25) is 0 Å². The number of morpholine rings is 1. The Morgan fingerprint density at radius 3 is 2.35 bits per heavy atom. The molecule has 31 heavy (non-hydrogen) atoms. The number of oxazole rings is 1. The van der Waals surface area contributed by atoms with Gasteiger partial charge in [0.15, 0.2) is 11.6 Å². The van der Waals surface area contributed by atoms with Gasteiger partial charge in [-0.1, -0.05) is 0 Å². The Hall–Kier alpha value is -2.87. The van der Waals surface area contributed by atoms with Gasteiger partial charge >= 0.3 is 0 Å². The van der Waals surface area contributed by atoms with Gasteiger partial charge in [0.2, 0.25) is 0 Å². The number of rotatable bonds is 4. The molecule has 1 aromatic heterocycles. The highest BCUT2D eigenvalue weighted by Gasteiger charge is 2.31. The fourth-order valence-corrected chi connectivity index (χ4v) is 4.21. The Morgan fingerprint density at radius 1 is 1.03 bits per heavy atom. The Morgan fingerprint density at radius 2 is 1.71 bits per heavy atom. The van der Waals surface area contributed by atoms with Crippen molar-refractivity contribution in [2.24, 2.45) is 0 Å².